The van der Waals surface area contributed by atoms with Crippen molar-refractivity contribution in [1.82, 2.24) is 4.90 Å². The Hall–Kier alpha value is -0.0800. The summed E-state index contributed by atoms with van der Waals surface area (Å²) in [6.45, 7) is 11.4. The first-order valence-corrected chi connectivity index (χ1v) is 6.43. The third-order valence-electron chi connectivity index (χ3n) is 3.13. The molecule has 0 amide bonds. The Morgan fingerprint density at radius 2 is 1.33 bits per heavy atom. The Morgan fingerprint density at radius 3 is 1.93 bits per heavy atom. The average molecular weight is 213 g/mol. The predicted octanol–water partition coefficient (Wildman–Crippen LogP) is 3.07. The molecule has 0 spiro atoms. The van der Waals surface area contributed by atoms with Crippen LogP contribution in [-0.2, 0) is 4.74 Å². The van der Waals surface area contributed by atoms with Gasteiger partial charge in [-0.15, -0.1) is 0 Å². The second-order valence-corrected chi connectivity index (χ2v) is 5.54. The van der Waals surface area contributed by atoms with Gasteiger partial charge in [-0.25, -0.2) is 0 Å². The molecule has 1 heterocycles. The summed E-state index contributed by atoms with van der Waals surface area (Å²) in [7, 11) is 0. The highest BCUT2D eigenvalue weighted by molar-refractivity contribution is 4.76. The van der Waals surface area contributed by atoms with Crippen LogP contribution >= 0.6 is 0 Å². The summed E-state index contributed by atoms with van der Waals surface area (Å²) in [6.07, 6.45) is 6.36. The topological polar surface area (TPSA) is 12.5 Å². The second-order valence-electron chi connectivity index (χ2n) is 5.54. The second kappa shape index (κ2) is 6.49. The van der Waals surface area contributed by atoms with Gasteiger partial charge in [0.2, 0.25) is 0 Å². The number of hydrogen-bond acceptors (Lipinski definition) is 2. The van der Waals surface area contributed by atoms with Crippen LogP contribution in [0.2, 0.25) is 0 Å². The van der Waals surface area contributed by atoms with E-state index in [-0.39, 0.29) is 0 Å². The van der Waals surface area contributed by atoms with Crippen molar-refractivity contribution >= 4 is 0 Å². The molecule has 90 valence electrons. The summed E-state index contributed by atoms with van der Waals surface area (Å²) in [5.74, 6) is 0. The van der Waals surface area contributed by atoms with E-state index in [1.165, 1.54) is 45.2 Å². The molecule has 0 saturated carbocycles. The zero-order valence-electron chi connectivity index (χ0n) is 10.7. The lowest BCUT2D eigenvalue weighted by Crippen LogP contribution is -2.42. The summed E-state index contributed by atoms with van der Waals surface area (Å²) >= 11 is 0. The fraction of sp³-hybridized carbons (Fsp3) is 1.00. The summed E-state index contributed by atoms with van der Waals surface area (Å²) in [6, 6.07) is 0. The predicted molar refractivity (Wildman–Crippen MR) is 65.2 cm³/mol. The van der Waals surface area contributed by atoms with Crippen LogP contribution in [0.1, 0.15) is 52.9 Å². The van der Waals surface area contributed by atoms with Crippen LogP contribution in [0.4, 0.5) is 0 Å². The van der Waals surface area contributed by atoms with Crippen molar-refractivity contribution in [3.05, 3.63) is 0 Å². The lowest BCUT2D eigenvalue weighted by molar-refractivity contribution is 0.119. The van der Waals surface area contributed by atoms with E-state index in [0.29, 0.717) is 5.54 Å². The molecule has 0 N–H and O–H groups in total. The van der Waals surface area contributed by atoms with Crippen LogP contribution in [0.3, 0.4) is 0 Å². The molecule has 0 aliphatic carbocycles. The van der Waals surface area contributed by atoms with E-state index in [0.717, 1.165) is 13.2 Å². The SMILES string of the molecule is CC(C)(C)N1CCCCCOCCCC1. The molecule has 0 unspecified atom stereocenters. The highest BCUT2D eigenvalue weighted by Crippen LogP contribution is 2.16. The number of hydrogen-bond donors (Lipinski definition) is 0. The van der Waals surface area contributed by atoms with Gasteiger partial charge in [0, 0.05) is 18.8 Å². The molecule has 1 aliphatic rings. The molecule has 0 radical (unpaired) electrons. The molecule has 0 aromatic carbocycles. The van der Waals surface area contributed by atoms with Gasteiger partial charge in [0.15, 0.2) is 0 Å². The molecule has 0 atom stereocenters. The minimum Gasteiger partial charge on any atom is -0.381 e. The van der Waals surface area contributed by atoms with E-state index in [1.54, 1.807) is 0 Å². The first-order chi connectivity index (χ1) is 7.11. The van der Waals surface area contributed by atoms with Gasteiger partial charge in [-0.05, 0) is 66.0 Å². The van der Waals surface area contributed by atoms with Gasteiger partial charge >= 0.3 is 0 Å². The molecule has 1 saturated heterocycles. The van der Waals surface area contributed by atoms with Crippen molar-refractivity contribution in [3.8, 4) is 0 Å². The van der Waals surface area contributed by atoms with E-state index in [9.17, 15) is 0 Å². The van der Waals surface area contributed by atoms with Crippen LogP contribution in [-0.4, -0.2) is 36.7 Å². The van der Waals surface area contributed by atoms with Gasteiger partial charge in [0.1, 0.15) is 0 Å². The van der Waals surface area contributed by atoms with Gasteiger partial charge in [0.05, 0.1) is 0 Å². The molecule has 1 aliphatic heterocycles. The van der Waals surface area contributed by atoms with E-state index >= 15 is 0 Å². The Morgan fingerprint density at radius 1 is 0.800 bits per heavy atom. The molecule has 0 aromatic heterocycles. The Bertz CT molecular complexity index is 150. The van der Waals surface area contributed by atoms with Crippen molar-refractivity contribution in [2.24, 2.45) is 0 Å². The minimum atomic E-state index is 0.328. The average Bonchev–Trinajstić information content (AvgIpc) is 2.20. The largest absolute Gasteiger partial charge is 0.381 e. The summed E-state index contributed by atoms with van der Waals surface area (Å²) in [5.41, 5.74) is 0.328. The maximum atomic E-state index is 5.57. The van der Waals surface area contributed by atoms with Crippen LogP contribution in [0, 0.1) is 0 Å². The van der Waals surface area contributed by atoms with Crippen LogP contribution in [0.15, 0.2) is 0 Å². The molecule has 1 fully saturated rings. The van der Waals surface area contributed by atoms with Crippen molar-refractivity contribution in [3.63, 3.8) is 0 Å². The van der Waals surface area contributed by atoms with Gasteiger partial charge in [-0.2, -0.15) is 0 Å². The van der Waals surface area contributed by atoms with Crippen molar-refractivity contribution in [2.45, 2.75) is 58.4 Å². The summed E-state index contributed by atoms with van der Waals surface area (Å²) in [4.78, 5) is 2.62. The maximum absolute atomic E-state index is 5.57. The molecule has 1 rings (SSSR count). The third-order valence-corrected chi connectivity index (χ3v) is 3.13. The van der Waals surface area contributed by atoms with Gasteiger partial charge in [-0.1, -0.05) is 0 Å². The Kier molecular flexibility index (Phi) is 5.62. The van der Waals surface area contributed by atoms with Crippen molar-refractivity contribution in [2.75, 3.05) is 26.3 Å². The molecule has 15 heavy (non-hydrogen) atoms. The van der Waals surface area contributed by atoms with E-state index in [1.807, 2.05) is 0 Å². The Labute approximate surface area is 95.0 Å². The van der Waals surface area contributed by atoms with E-state index in [4.69, 9.17) is 4.74 Å². The van der Waals surface area contributed by atoms with Gasteiger partial charge < -0.3 is 4.74 Å². The zero-order valence-corrected chi connectivity index (χ0v) is 10.7. The number of nitrogens with zero attached hydrogens (tertiary/aromatic N) is 1. The molecule has 2 heteroatoms. The normalized spacial score (nSPS) is 23.4. The van der Waals surface area contributed by atoms with Gasteiger partial charge in [0.25, 0.3) is 0 Å². The van der Waals surface area contributed by atoms with E-state index < -0.39 is 0 Å². The smallest absolute Gasteiger partial charge is 0.0466 e. The monoisotopic (exact) mass is 213 g/mol. The summed E-state index contributed by atoms with van der Waals surface area (Å²) in [5, 5.41) is 0. The van der Waals surface area contributed by atoms with Crippen LogP contribution in [0.5, 0.6) is 0 Å². The standard InChI is InChI=1S/C13H27NO/c1-13(2,3)14-9-5-4-7-11-15-12-8-6-10-14/h4-12H2,1-3H3. The quantitative estimate of drug-likeness (QED) is 0.613. The van der Waals surface area contributed by atoms with Crippen molar-refractivity contribution in [1.29, 1.82) is 0 Å². The Balaban J connectivity index is 2.39. The molecule has 0 bridgehead atoms. The molecular formula is C13H27NO. The first-order valence-electron chi connectivity index (χ1n) is 6.43. The highest BCUT2D eigenvalue weighted by Gasteiger charge is 2.20. The lowest BCUT2D eigenvalue weighted by atomic mass is 10.0. The number of rotatable bonds is 0. The third kappa shape index (κ3) is 5.53. The van der Waals surface area contributed by atoms with E-state index in [2.05, 4.69) is 25.7 Å². The maximum Gasteiger partial charge on any atom is 0.0466 e. The lowest BCUT2D eigenvalue weighted by Gasteiger charge is -2.35. The number of ether oxygens (including phenoxy) is 1. The fourth-order valence-electron chi connectivity index (χ4n) is 2.08. The first kappa shape index (κ1) is 13.0. The summed E-state index contributed by atoms with van der Waals surface area (Å²) < 4.78 is 5.57. The van der Waals surface area contributed by atoms with Crippen molar-refractivity contribution < 1.29 is 4.74 Å². The van der Waals surface area contributed by atoms with Crippen LogP contribution < -0.4 is 0 Å². The highest BCUT2D eigenvalue weighted by atomic mass is 16.5. The molecule has 2 nitrogen and oxygen atoms in total. The van der Waals surface area contributed by atoms with Gasteiger partial charge in [-0.3, -0.25) is 4.90 Å². The van der Waals surface area contributed by atoms with Crippen LogP contribution in [0.25, 0.3) is 0 Å². The minimum absolute atomic E-state index is 0.328. The zero-order chi connectivity index (χ0) is 11.1. The fourth-order valence-corrected chi connectivity index (χ4v) is 2.08. The molecule has 0 aromatic rings. The molecular weight excluding hydrogens is 186 g/mol.